The molecular weight excluding hydrogens is 214 g/mol. The molecule has 1 heterocycles. The van der Waals surface area contributed by atoms with Crippen LogP contribution in [0.3, 0.4) is 0 Å². The molecule has 0 aromatic carbocycles. The minimum atomic E-state index is 0.0767. The molecule has 0 radical (unpaired) electrons. The molecule has 4 nitrogen and oxygen atoms in total. The van der Waals surface area contributed by atoms with Crippen LogP contribution < -0.4 is 5.32 Å². The summed E-state index contributed by atoms with van der Waals surface area (Å²) < 4.78 is 0. The fourth-order valence-corrected chi connectivity index (χ4v) is 1.74. The maximum absolute atomic E-state index is 11.6. The van der Waals surface area contributed by atoms with Gasteiger partial charge in [0.1, 0.15) is 5.82 Å². The molecule has 0 atom stereocenters. The first-order valence-electron chi connectivity index (χ1n) is 6.54. The molecule has 0 fully saturated rings. The molecule has 1 amide bonds. The Morgan fingerprint density at radius 2 is 2.00 bits per heavy atom. The van der Waals surface area contributed by atoms with Gasteiger partial charge >= 0.3 is 0 Å². The van der Waals surface area contributed by atoms with Gasteiger partial charge in [0.15, 0.2) is 0 Å². The van der Waals surface area contributed by atoms with Crippen LogP contribution in [-0.4, -0.2) is 16.1 Å². The average molecular weight is 237 g/mol. The Morgan fingerprint density at radius 3 is 2.65 bits per heavy atom. The van der Waals surface area contributed by atoms with Crippen LogP contribution >= 0.6 is 0 Å². The molecule has 0 aliphatic carbocycles. The highest BCUT2D eigenvalue weighted by molar-refractivity contribution is 5.90. The predicted octanol–water partition coefficient (Wildman–Crippen LogP) is 3.41. The number of aryl methyl sites for hydroxylation is 1. The fourth-order valence-electron chi connectivity index (χ4n) is 1.74. The quantitative estimate of drug-likeness (QED) is 0.681. The molecule has 0 saturated carbocycles. The number of hydrogen-bond donors (Lipinski definition) is 2. The maximum Gasteiger partial charge on any atom is 0.225 e. The van der Waals surface area contributed by atoms with Gasteiger partial charge in [-0.3, -0.25) is 9.89 Å². The van der Waals surface area contributed by atoms with Crippen molar-refractivity contribution >= 4 is 11.7 Å². The van der Waals surface area contributed by atoms with Gasteiger partial charge in [-0.05, 0) is 13.3 Å². The fraction of sp³-hybridized carbons (Fsp3) is 0.692. The van der Waals surface area contributed by atoms with Crippen molar-refractivity contribution in [3.8, 4) is 0 Å². The summed E-state index contributed by atoms with van der Waals surface area (Å²) in [7, 11) is 0. The van der Waals surface area contributed by atoms with Crippen molar-refractivity contribution < 1.29 is 4.79 Å². The summed E-state index contributed by atoms with van der Waals surface area (Å²) in [5.41, 5.74) is 0.973. The van der Waals surface area contributed by atoms with Crippen LogP contribution in [0.25, 0.3) is 0 Å². The lowest BCUT2D eigenvalue weighted by Crippen LogP contribution is -2.12. The summed E-state index contributed by atoms with van der Waals surface area (Å²) >= 11 is 0. The molecule has 2 N–H and O–H groups in total. The highest BCUT2D eigenvalue weighted by Crippen LogP contribution is 2.11. The van der Waals surface area contributed by atoms with Crippen molar-refractivity contribution in [1.82, 2.24) is 10.2 Å². The van der Waals surface area contributed by atoms with Crippen LogP contribution in [0.5, 0.6) is 0 Å². The monoisotopic (exact) mass is 237 g/mol. The number of nitrogens with one attached hydrogen (secondary N) is 2. The van der Waals surface area contributed by atoms with Crippen molar-refractivity contribution in [2.45, 2.75) is 58.8 Å². The lowest BCUT2D eigenvalue weighted by Gasteiger charge is -2.03. The Labute approximate surface area is 103 Å². The second kappa shape index (κ2) is 7.87. The minimum absolute atomic E-state index is 0.0767. The largest absolute Gasteiger partial charge is 0.311 e. The Kier molecular flexibility index (Phi) is 6.37. The van der Waals surface area contributed by atoms with E-state index in [1.165, 1.54) is 25.7 Å². The van der Waals surface area contributed by atoms with E-state index in [1.807, 2.05) is 6.92 Å². The molecule has 0 aliphatic rings. The van der Waals surface area contributed by atoms with E-state index in [1.54, 1.807) is 6.20 Å². The number of amides is 1. The Hall–Kier alpha value is -1.32. The van der Waals surface area contributed by atoms with E-state index in [0.29, 0.717) is 6.42 Å². The Morgan fingerprint density at radius 1 is 1.29 bits per heavy atom. The van der Waals surface area contributed by atoms with Crippen molar-refractivity contribution in [2.75, 3.05) is 5.32 Å². The predicted molar refractivity (Wildman–Crippen MR) is 69.9 cm³/mol. The number of anilines is 1. The van der Waals surface area contributed by atoms with E-state index in [9.17, 15) is 4.79 Å². The first-order valence-corrected chi connectivity index (χ1v) is 6.54. The van der Waals surface area contributed by atoms with Gasteiger partial charge in [-0.1, -0.05) is 39.0 Å². The summed E-state index contributed by atoms with van der Waals surface area (Å²) in [4.78, 5) is 11.6. The van der Waals surface area contributed by atoms with Crippen LogP contribution in [-0.2, 0) is 4.79 Å². The number of unbranched alkanes of at least 4 members (excludes halogenated alkanes) is 5. The van der Waals surface area contributed by atoms with Gasteiger partial charge in [0.25, 0.3) is 0 Å². The van der Waals surface area contributed by atoms with Crippen molar-refractivity contribution in [3.63, 3.8) is 0 Å². The van der Waals surface area contributed by atoms with E-state index >= 15 is 0 Å². The van der Waals surface area contributed by atoms with E-state index in [4.69, 9.17) is 0 Å². The van der Waals surface area contributed by atoms with E-state index in [0.717, 1.165) is 24.2 Å². The minimum Gasteiger partial charge on any atom is -0.311 e. The summed E-state index contributed by atoms with van der Waals surface area (Å²) in [5, 5.41) is 9.47. The highest BCUT2D eigenvalue weighted by Gasteiger charge is 2.05. The van der Waals surface area contributed by atoms with Crippen molar-refractivity contribution in [3.05, 3.63) is 11.8 Å². The van der Waals surface area contributed by atoms with Gasteiger partial charge in [0.05, 0.1) is 6.20 Å². The second-order valence-corrected chi connectivity index (χ2v) is 4.49. The van der Waals surface area contributed by atoms with E-state index in [-0.39, 0.29) is 5.91 Å². The van der Waals surface area contributed by atoms with Crippen molar-refractivity contribution in [1.29, 1.82) is 0 Å². The molecular formula is C13H23N3O. The van der Waals surface area contributed by atoms with Crippen LogP contribution in [0.1, 0.15) is 57.4 Å². The van der Waals surface area contributed by atoms with E-state index in [2.05, 4.69) is 22.4 Å². The van der Waals surface area contributed by atoms with Gasteiger partial charge in [0, 0.05) is 12.0 Å². The van der Waals surface area contributed by atoms with Gasteiger partial charge in [-0.15, -0.1) is 0 Å². The number of carbonyl (C=O) groups is 1. The Balaban J connectivity index is 2.08. The van der Waals surface area contributed by atoms with Crippen molar-refractivity contribution in [2.24, 2.45) is 0 Å². The summed E-state index contributed by atoms with van der Waals surface area (Å²) in [6.45, 7) is 4.13. The zero-order chi connectivity index (χ0) is 12.5. The molecule has 0 aliphatic heterocycles. The van der Waals surface area contributed by atoms with Gasteiger partial charge in [-0.2, -0.15) is 5.10 Å². The third-order valence-electron chi connectivity index (χ3n) is 2.85. The molecule has 1 aromatic rings. The molecule has 0 spiro atoms. The lowest BCUT2D eigenvalue weighted by atomic mass is 10.1. The topological polar surface area (TPSA) is 57.8 Å². The third-order valence-corrected chi connectivity index (χ3v) is 2.85. The standard InChI is InChI=1S/C13H23N3O/c1-3-4-5-6-7-8-9-12(17)15-13-11(2)10-14-16-13/h10H,3-9H2,1-2H3,(H2,14,15,16,17). The molecule has 17 heavy (non-hydrogen) atoms. The zero-order valence-electron chi connectivity index (χ0n) is 10.9. The molecule has 4 heteroatoms. The number of rotatable bonds is 8. The maximum atomic E-state index is 11.6. The second-order valence-electron chi connectivity index (χ2n) is 4.49. The highest BCUT2D eigenvalue weighted by atomic mass is 16.1. The third kappa shape index (κ3) is 5.52. The average Bonchev–Trinajstić information content (AvgIpc) is 2.69. The van der Waals surface area contributed by atoms with E-state index < -0.39 is 0 Å². The first kappa shape index (κ1) is 13.7. The van der Waals surface area contributed by atoms with Crippen LogP contribution in [0.2, 0.25) is 0 Å². The van der Waals surface area contributed by atoms with Crippen LogP contribution in [0.4, 0.5) is 5.82 Å². The number of aromatic nitrogens is 2. The number of nitrogens with zero attached hydrogens (tertiary/aromatic N) is 1. The van der Waals surface area contributed by atoms with Crippen LogP contribution in [0.15, 0.2) is 6.20 Å². The molecule has 0 unspecified atom stereocenters. The molecule has 1 rings (SSSR count). The van der Waals surface area contributed by atoms with Gasteiger partial charge in [-0.25, -0.2) is 0 Å². The number of carbonyl (C=O) groups excluding carboxylic acids is 1. The SMILES string of the molecule is CCCCCCCCC(=O)Nc1[nH]ncc1C. The lowest BCUT2D eigenvalue weighted by molar-refractivity contribution is -0.116. The Bertz CT molecular complexity index is 333. The van der Waals surface area contributed by atoms with Gasteiger partial charge in [0.2, 0.25) is 5.91 Å². The first-order chi connectivity index (χ1) is 8.24. The smallest absolute Gasteiger partial charge is 0.225 e. The number of hydrogen-bond acceptors (Lipinski definition) is 2. The number of H-pyrrole nitrogens is 1. The molecule has 0 bridgehead atoms. The number of aromatic amines is 1. The normalized spacial score (nSPS) is 10.5. The summed E-state index contributed by atoms with van der Waals surface area (Å²) in [6.07, 6.45) is 9.53. The van der Waals surface area contributed by atoms with Crippen LogP contribution in [0, 0.1) is 6.92 Å². The van der Waals surface area contributed by atoms with Gasteiger partial charge < -0.3 is 5.32 Å². The summed E-state index contributed by atoms with van der Waals surface area (Å²) in [6, 6.07) is 0. The molecule has 96 valence electrons. The summed E-state index contributed by atoms with van der Waals surface area (Å²) in [5.74, 6) is 0.800. The molecule has 1 aromatic heterocycles. The molecule has 0 saturated heterocycles. The zero-order valence-corrected chi connectivity index (χ0v) is 10.9.